The quantitative estimate of drug-likeness (QED) is 0.394. The molecule has 0 bridgehead atoms. The fourth-order valence-corrected chi connectivity index (χ4v) is 1.65. The minimum Gasteiger partial charge on any atom is -0.492 e. The van der Waals surface area contributed by atoms with Crippen LogP contribution in [-0.2, 0) is 4.74 Å². The molecule has 5 heteroatoms. The van der Waals surface area contributed by atoms with E-state index < -0.39 is 0 Å². The fraction of sp³-hybridized carbons (Fsp3) is 0.562. The summed E-state index contributed by atoms with van der Waals surface area (Å²) in [6.45, 7) is 5.71. The fourth-order valence-electron chi connectivity index (χ4n) is 1.65. The van der Waals surface area contributed by atoms with Gasteiger partial charge < -0.3 is 20.1 Å². The molecule has 0 saturated carbocycles. The zero-order valence-corrected chi connectivity index (χ0v) is 13.1. The Hall–Kier alpha value is -1.75. The Morgan fingerprint density at radius 2 is 1.81 bits per heavy atom. The molecule has 0 aliphatic rings. The molecule has 0 aromatic heterocycles. The number of benzene rings is 1. The third-order valence-electron chi connectivity index (χ3n) is 2.79. The van der Waals surface area contributed by atoms with Crippen LogP contribution in [0.15, 0.2) is 35.3 Å². The Kier molecular flexibility index (Phi) is 9.91. The molecule has 0 aliphatic carbocycles. The lowest BCUT2D eigenvalue weighted by atomic mass is 10.3. The molecule has 0 radical (unpaired) electrons. The van der Waals surface area contributed by atoms with Gasteiger partial charge in [0.2, 0.25) is 0 Å². The number of ether oxygens (including phenoxy) is 2. The van der Waals surface area contributed by atoms with Crippen LogP contribution >= 0.6 is 0 Å². The lowest BCUT2D eigenvalue weighted by Crippen LogP contribution is -2.40. The van der Waals surface area contributed by atoms with Crippen LogP contribution in [0.3, 0.4) is 0 Å². The summed E-state index contributed by atoms with van der Waals surface area (Å²) < 4.78 is 10.7. The first-order valence-electron chi connectivity index (χ1n) is 7.55. The molecule has 0 heterocycles. The molecule has 1 aromatic rings. The zero-order chi connectivity index (χ0) is 15.2. The number of methoxy groups -OCH3 is 1. The second-order valence-corrected chi connectivity index (χ2v) is 4.59. The van der Waals surface area contributed by atoms with Crippen molar-refractivity contribution in [1.29, 1.82) is 0 Å². The van der Waals surface area contributed by atoms with E-state index >= 15 is 0 Å². The van der Waals surface area contributed by atoms with Crippen molar-refractivity contribution in [2.24, 2.45) is 4.99 Å². The minimum atomic E-state index is 0.600. The lowest BCUT2D eigenvalue weighted by Gasteiger charge is -2.13. The summed E-state index contributed by atoms with van der Waals surface area (Å²) >= 11 is 0. The average molecular weight is 293 g/mol. The molecule has 1 rings (SSSR count). The third kappa shape index (κ3) is 8.92. The SMILES string of the molecule is CCCCN=C(NCCOC)NCCOc1ccccc1. The van der Waals surface area contributed by atoms with Crippen LogP contribution in [0.4, 0.5) is 0 Å². The molecular weight excluding hydrogens is 266 g/mol. The van der Waals surface area contributed by atoms with Crippen molar-refractivity contribution < 1.29 is 9.47 Å². The lowest BCUT2D eigenvalue weighted by molar-refractivity contribution is 0.203. The highest BCUT2D eigenvalue weighted by Crippen LogP contribution is 2.07. The van der Waals surface area contributed by atoms with Gasteiger partial charge in [0.15, 0.2) is 5.96 Å². The van der Waals surface area contributed by atoms with Crippen LogP contribution in [-0.4, -0.2) is 45.9 Å². The predicted molar refractivity (Wildman–Crippen MR) is 87.0 cm³/mol. The first-order chi connectivity index (χ1) is 10.4. The standard InChI is InChI=1S/C16H27N3O2/c1-3-4-10-17-16(18-11-13-20-2)19-12-14-21-15-8-6-5-7-9-15/h5-9H,3-4,10-14H2,1-2H3,(H2,17,18,19). The highest BCUT2D eigenvalue weighted by Gasteiger charge is 1.98. The van der Waals surface area contributed by atoms with E-state index in [1.165, 1.54) is 0 Å². The van der Waals surface area contributed by atoms with Crippen LogP contribution in [0.2, 0.25) is 0 Å². The number of guanidine groups is 1. The largest absolute Gasteiger partial charge is 0.492 e. The van der Waals surface area contributed by atoms with Gasteiger partial charge in [-0.2, -0.15) is 0 Å². The van der Waals surface area contributed by atoms with Crippen molar-refractivity contribution in [2.45, 2.75) is 19.8 Å². The van der Waals surface area contributed by atoms with Gasteiger partial charge in [0.05, 0.1) is 13.2 Å². The van der Waals surface area contributed by atoms with Crippen LogP contribution in [0.1, 0.15) is 19.8 Å². The molecule has 2 N–H and O–H groups in total. The first kappa shape index (κ1) is 17.3. The van der Waals surface area contributed by atoms with Crippen molar-refractivity contribution in [1.82, 2.24) is 10.6 Å². The summed E-state index contributed by atoms with van der Waals surface area (Å²) in [6, 6.07) is 9.81. The molecular formula is C16H27N3O2. The van der Waals surface area contributed by atoms with E-state index in [9.17, 15) is 0 Å². The Morgan fingerprint density at radius 1 is 1.10 bits per heavy atom. The van der Waals surface area contributed by atoms with Crippen LogP contribution in [0.5, 0.6) is 5.75 Å². The van der Waals surface area contributed by atoms with Crippen molar-refractivity contribution >= 4 is 5.96 Å². The van der Waals surface area contributed by atoms with E-state index in [0.29, 0.717) is 19.8 Å². The highest BCUT2D eigenvalue weighted by molar-refractivity contribution is 5.79. The molecule has 0 spiro atoms. The number of aliphatic imine (C=N–C) groups is 1. The van der Waals surface area contributed by atoms with Crippen molar-refractivity contribution in [3.63, 3.8) is 0 Å². The number of nitrogens with one attached hydrogen (secondary N) is 2. The smallest absolute Gasteiger partial charge is 0.191 e. The van der Waals surface area contributed by atoms with E-state index in [-0.39, 0.29) is 0 Å². The molecule has 1 aromatic carbocycles. The zero-order valence-electron chi connectivity index (χ0n) is 13.1. The van der Waals surface area contributed by atoms with Gasteiger partial charge in [0, 0.05) is 20.2 Å². The summed E-state index contributed by atoms with van der Waals surface area (Å²) in [5, 5.41) is 6.50. The topological polar surface area (TPSA) is 54.9 Å². The molecule has 0 atom stereocenters. The molecule has 0 amide bonds. The van der Waals surface area contributed by atoms with Crippen LogP contribution in [0, 0.1) is 0 Å². The van der Waals surface area contributed by atoms with Crippen molar-refractivity contribution in [3.05, 3.63) is 30.3 Å². The first-order valence-corrected chi connectivity index (χ1v) is 7.55. The van der Waals surface area contributed by atoms with Gasteiger partial charge in [-0.25, -0.2) is 0 Å². The van der Waals surface area contributed by atoms with Gasteiger partial charge in [0.25, 0.3) is 0 Å². The van der Waals surface area contributed by atoms with E-state index in [2.05, 4.69) is 22.5 Å². The highest BCUT2D eigenvalue weighted by atomic mass is 16.5. The second kappa shape index (κ2) is 12.0. The third-order valence-corrected chi connectivity index (χ3v) is 2.79. The Balaban J connectivity index is 2.25. The molecule has 118 valence electrons. The van der Waals surface area contributed by atoms with Gasteiger partial charge in [-0.15, -0.1) is 0 Å². The summed E-state index contributed by atoms with van der Waals surface area (Å²) in [7, 11) is 1.69. The monoisotopic (exact) mass is 293 g/mol. The van der Waals surface area contributed by atoms with Gasteiger partial charge in [-0.3, -0.25) is 4.99 Å². The van der Waals surface area contributed by atoms with E-state index in [1.54, 1.807) is 7.11 Å². The van der Waals surface area contributed by atoms with E-state index in [4.69, 9.17) is 9.47 Å². The second-order valence-electron chi connectivity index (χ2n) is 4.59. The number of hydrogen-bond acceptors (Lipinski definition) is 3. The molecule has 0 fully saturated rings. The predicted octanol–water partition coefficient (Wildman–Crippen LogP) is 2.05. The number of para-hydroxylation sites is 1. The van der Waals surface area contributed by atoms with Gasteiger partial charge in [0.1, 0.15) is 12.4 Å². The molecule has 0 saturated heterocycles. The maximum Gasteiger partial charge on any atom is 0.191 e. The molecule has 0 aliphatic heterocycles. The molecule has 21 heavy (non-hydrogen) atoms. The Morgan fingerprint density at radius 3 is 2.48 bits per heavy atom. The van der Waals surface area contributed by atoms with E-state index in [1.807, 2.05) is 30.3 Å². The number of nitrogens with zero attached hydrogens (tertiary/aromatic N) is 1. The summed E-state index contributed by atoms with van der Waals surface area (Å²) in [5.74, 6) is 1.70. The molecule has 5 nitrogen and oxygen atoms in total. The minimum absolute atomic E-state index is 0.600. The Labute approximate surface area is 127 Å². The van der Waals surface area contributed by atoms with Gasteiger partial charge >= 0.3 is 0 Å². The maximum absolute atomic E-state index is 5.64. The van der Waals surface area contributed by atoms with Crippen molar-refractivity contribution in [2.75, 3.05) is 40.0 Å². The maximum atomic E-state index is 5.64. The summed E-state index contributed by atoms with van der Waals surface area (Å²) in [6.07, 6.45) is 2.24. The number of rotatable bonds is 10. The average Bonchev–Trinajstić information content (AvgIpc) is 2.52. The van der Waals surface area contributed by atoms with Gasteiger partial charge in [-0.05, 0) is 18.6 Å². The summed E-state index contributed by atoms with van der Waals surface area (Å²) in [4.78, 5) is 4.51. The van der Waals surface area contributed by atoms with Crippen LogP contribution < -0.4 is 15.4 Å². The number of hydrogen-bond donors (Lipinski definition) is 2. The van der Waals surface area contributed by atoms with Crippen molar-refractivity contribution in [3.8, 4) is 5.75 Å². The Bertz CT molecular complexity index is 382. The van der Waals surface area contributed by atoms with Crippen LogP contribution in [0.25, 0.3) is 0 Å². The number of unbranched alkanes of at least 4 members (excludes halogenated alkanes) is 1. The normalized spacial score (nSPS) is 11.2. The van der Waals surface area contributed by atoms with Gasteiger partial charge in [-0.1, -0.05) is 31.5 Å². The molecule has 0 unspecified atom stereocenters. The van der Waals surface area contributed by atoms with E-state index in [0.717, 1.165) is 37.6 Å². The summed E-state index contributed by atoms with van der Waals surface area (Å²) in [5.41, 5.74) is 0.